The topological polar surface area (TPSA) is 107 Å². The molecule has 1 atom stereocenters. The van der Waals surface area contributed by atoms with Gasteiger partial charge in [-0.2, -0.15) is 0 Å². The number of nitrogens with two attached hydrogens (primary N) is 1. The van der Waals surface area contributed by atoms with Crippen molar-refractivity contribution in [2.75, 3.05) is 16.3 Å². The Kier molecular flexibility index (Phi) is 4.23. The summed E-state index contributed by atoms with van der Waals surface area (Å²) in [5, 5.41) is 18.3. The quantitative estimate of drug-likeness (QED) is 0.533. The Labute approximate surface area is 153 Å². The number of carbonyl (C=O) groups is 1. The summed E-state index contributed by atoms with van der Waals surface area (Å²) in [6.07, 6.45) is 6.84. The van der Waals surface area contributed by atoms with Crippen LogP contribution in [0.1, 0.15) is 51.0 Å². The lowest BCUT2D eigenvalue weighted by atomic mass is 9.96. The molecular weight excluding hydrogens is 330 g/mol. The predicted molar refractivity (Wildman–Crippen MR) is 100.0 cm³/mol. The molecule has 2 heterocycles. The van der Waals surface area contributed by atoms with Crippen LogP contribution in [0, 0.1) is 16.7 Å². The molecule has 0 bridgehead atoms. The number of amides is 1. The number of hydrogen-bond donors (Lipinski definition) is 3. The van der Waals surface area contributed by atoms with E-state index in [4.69, 9.17) is 11.1 Å². The van der Waals surface area contributed by atoms with Gasteiger partial charge in [-0.25, -0.2) is 4.98 Å². The van der Waals surface area contributed by atoms with Gasteiger partial charge in [0.25, 0.3) is 5.91 Å². The summed E-state index contributed by atoms with van der Waals surface area (Å²) < 4.78 is 0. The fraction of sp³-hybridized carbons (Fsp3) is 0.632. The standard InChI is InChI=1S/C19H27N5O2/c1-2-3-8-23-14-9-12(11-25)10-22-16(14)24(15(20)17(23)26)18(21)19(6-7-19)13-4-5-13/h9-10,13,15,21,25H,2-8,11,20H2,1H3. The lowest BCUT2D eigenvalue weighted by molar-refractivity contribution is -0.119. The number of aromatic nitrogens is 1. The number of pyridine rings is 1. The number of carbonyl (C=O) groups excluding carboxylic acids is 1. The van der Waals surface area contributed by atoms with Crippen molar-refractivity contribution < 1.29 is 9.90 Å². The summed E-state index contributed by atoms with van der Waals surface area (Å²) in [5.41, 5.74) is 7.52. The molecule has 4 rings (SSSR count). The molecule has 1 amide bonds. The van der Waals surface area contributed by atoms with Gasteiger partial charge >= 0.3 is 0 Å². The number of rotatable bonds is 6. The fourth-order valence-corrected chi connectivity index (χ4v) is 4.12. The minimum atomic E-state index is -0.907. The average molecular weight is 357 g/mol. The minimum Gasteiger partial charge on any atom is -0.392 e. The molecule has 7 nitrogen and oxygen atoms in total. The molecule has 2 aliphatic carbocycles. The first kappa shape index (κ1) is 17.4. The van der Waals surface area contributed by atoms with Crippen LogP contribution in [0.25, 0.3) is 0 Å². The van der Waals surface area contributed by atoms with Gasteiger partial charge in [-0.05, 0) is 49.7 Å². The second-order valence-electron chi connectivity index (χ2n) is 7.78. The van der Waals surface area contributed by atoms with E-state index in [1.165, 1.54) is 0 Å². The second kappa shape index (κ2) is 6.32. The molecular formula is C19H27N5O2. The normalized spacial score (nSPS) is 23.8. The zero-order valence-corrected chi connectivity index (χ0v) is 15.2. The van der Waals surface area contributed by atoms with Crippen molar-refractivity contribution in [2.24, 2.45) is 17.1 Å². The molecule has 1 aromatic heterocycles. The van der Waals surface area contributed by atoms with Crippen LogP contribution in [0.4, 0.5) is 11.5 Å². The Hall–Kier alpha value is -1.99. The van der Waals surface area contributed by atoms with Crippen molar-refractivity contribution in [1.29, 1.82) is 5.41 Å². The molecule has 2 fully saturated rings. The van der Waals surface area contributed by atoms with Crippen LogP contribution in [0.5, 0.6) is 0 Å². The largest absolute Gasteiger partial charge is 0.392 e. The highest BCUT2D eigenvalue weighted by atomic mass is 16.3. The van der Waals surface area contributed by atoms with E-state index in [0.717, 1.165) is 38.5 Å². The summed E-state index contributed by atoms with van der Waals surface area (Å²) >= 11 is 0. The number of amidine groups is 1. The third-order valence-electron chi connectivity index (χ3n) is 6.00. The van der Waals surface area contributed by atoms with E-state index in [0.29, 0.717) is 35.4 Å². The van der Waals surface area contributed by atoms with Gasteiger partial charge in [0.1, 0.15) is 5.84 Å². The lowest BCUT2D eigenvalue weighted by Crippen LogP contribution is -2.61. The van der Waals surface area contributed by atoms with Gasteiger partial charge in [0, 0.05) is 18.2 Å². The van der Waals surface area contributed by atoms with Crippen molar-refractivity contribution in [2.45, 2.75) is 58.2 Å². The Balaban J connectivity index is 1.75. The Morgan fingerprint density at radius 2 is 2.19 bits per heavy atom. The highest BCUT2D eigenvalue weighted by molar-refractivity contribution is 6.14. The second-order valence-corrected chi connectivity index (χ2v) is 7.78. The summed E-state index contributed by atoms with van der Waals surface area (Å²) in [7, 11) is 0. The van der Waals surface area contributed by atoms with Crippen molar-refractivity contribution in [3.63, 3.8) is 0 Å². The Bertz CT molecular complexity index is 741. The first-order valence-corrected chi connectivity index (χ1v) is 9.58. The third-order valence-corrected chi connectivity index (χ3v) is 6.00. The molecule has 2 saturated carbocycles. The number of aliphatic hydroxyl groups excluding tert-OH is 1. The van der Waals surface area contributed by atoms with Gasteiger partial charge in [0.2, 0.25) is 0 Å². The zero-order chi connectivity index (χ0) is 18.5. The molecule has 1 unspecified atom stereocenters. The van der Waals surface area contributed by atoms with Gasteiger partial charge in [-0.15, -0.1) is 0 Å². The maximum Gasteiger partial charge on any atom is 0.265 e. The summed E-state index contributed by atoms with van der Waals surface area (Å²) in [6.45, 7) is 2.51. The van der Waals surface area contributed by atoms with Crippen LogP contribution in [0.3, 0.4) is 0 Å². The van der Waals surface area contributed by atoms with Crippen molar-refractivity contribution >= 4 is 23.2 Å². The van der Waals surface area contributed by atoms with Crippen LogP contribution in [-0.4, -0.2) is 34.5 Å². The third kappa shape index (κ3) is 2.61. The van der Waals surface area contributed by atoms with Crippen molar-refractivity contribution in [3.05, 3.63) is 17.8 Å². The molecule has 1 aromatic rings. The van der Waals surface area contributed by atoms with Crippen LogP contribution >= 0.6 is 0 Å². The lowest BCUT2D eigenvalue weighted by Gasteiger charge is -2.42. The first-order chi connectivity index (χ1) is 12.5. The predicted octanol–water partition coefficient (Wildman–Crippen LogP) is 1.98. The summed E-state index contributed by atoms with van der Waals surface area (Å²) in [5.74, 6) is 1.37. The van der Waals surface area contributed by atoms with E-state index in [1.807, 2.05) is 0 Å². The highest BCUT2D eigenvalue weighted by Gasteiger charge is 2.60. The Morgan fingerprint density at radius 3 is 2.77 bits per heavy atom. The van der Waals surface area contributed by atoms with Gasteiger partial charge < -0.3 is 15.7 Å². The van der Waals surface area contributed by atoms with Crippen molar-refractivity contribution in [3.8, 4) is 0 Å². The molecule has 0 radical (unpaired) electrons. The van der Waals surface area contributed by atoms with Crippen LogP contribution in [0.2, 0.25) is 0 Å². The van der Waals surface area contributed by atoms with Gasteiger partial charge in [0.15, 0.2) is 12.0 Å². The molecule has 7 heteroatoms. The number of nitrogens with zero attached hydrogens (tertiary/aromatic N) is 3. The van der Waals surface area contributed by atoms with E-state index >= 15 is 0 Å². The number of aliphatic hydroxyl groups is 1. The molecule has 0 aromatic carbocycles. The molecule has 26 heavy (non-hydrogen) atoms. The monoisotopic (exact) mass is 357 g/mol. The summed E-state index contributed by atoms with van der Waals surface area (Å²) in [4.78, 5) is 20.8. The highest BCUT2D eigenvalue weighted by Crippen LogP contribution is 2.62. The van der Waals surface area contributed by atoms with E-state index in [9.17, 15) is 9.90 Å². The number of hydrogen-bond acceptors (Lipinski definition) is 5. The number of nitrogens with one attached hydrogen (secondary N) is 1. The minimum absolute atomic E-state index is 0.113. The number of anilines is 2. The molecule has 0 spiro atoms. The van der Waals surface area contributed by atoms with Crippen LogP contribution < -0.4 is 15.5 Å². The van der Waals surface area contributed by atoms with Crippen LogP contribution in [0.15, 0.2) is 12.3 Å². The summed E-state index contributed by atoms with van der Waals surface area (Å²) in [6, 6.07) is 1.80. The molecule has 140 valence electrons. The Morgan fingerprint density at radius 1 is 1.46 bits per heavy atom. The van der Waals surface area contributed by atoms with Gasteiger partial charge in [-0.3, -0.25) is 15.1 Å². The van der Waals surface area contributed by atoms with E-state index in [1.54, 1.807) is 22.1 Å². The number of fused-ring (bicyclic) bond motifs is 1. The molecule has 4 N–H and O–H groups in total. The maximum absolute atomic E-state index is 13.0. The van der Waals surface area contributed by atoms with Gasteiger partial charge in [0.05, 0.1) is 12.3 Å². The van der Waals surface area contributed by atoms with E-state index < -0.39 is 6.17 Å². The fourth-order valence-electron chi connectivity index (χ4n) is 4.12. The van der Waals surface area contributed by atoms with E-state index in [2.05, 4.69) is 11.9 Å². The average Bonchev–Trinajstić information content (AvgIpc) is 3.54. The molecule has 0 saturated heterocycles. The molecule has 1 aliphatic heterocycles. The van der Waals surface area contributed by atoms with Crippen molar-refractivity contribution in [1.82, 2.24) is 4.98 Å². The molecule has 3 aliphatic rings. The number of unbranched alkanes of at least 4 members (excludes halogenated alkanes) is 1. The van der Waals surface area contributed by atoms with Crippen LogP contribution in [-0.2, 0) is 11.4 Å². The first-order valence-electron chi connectivity index (χ1n) is 9.58. The van der Waals surface area contributed by atoms with E-state index in [-0.39, 0.29) is 17.9 Å². The smallest absolute Gasteiger partial charge is 0.265 e. The van der Waals surface area contributed by atoms with Gasteiger partial charge in [-0.1, -0.05) is 13.3 Å². The SMILES string of the molecule is CCCCN1C(=O)C(N)N(C(=N)C2(C3CC3)CC2)c2ncc(CO)cc21. The maximum atomic E-state index is 13.0. The zero-order valence-electron chi connectivity index (χ0n) is 15.2.